The predicted octanol–water partition coefficient (Wildman–Crippen LogP) is 1.20. The van der Waals surface area contributed by atoms with Crippen LogP contribution in [0.1, 0.15) is 38.5 Å². The molecule has 2 unspecified atom stereocenters. The summed E-state index contributed by atoms with van der Waals surface area (Å²) in [4.78, 5) is 18.7. The van der Waals surface area contributed by atoms with E-state index in [-0.39, 0.29) is 18.1 Å². The van der Waals surface area contributed by atoms with Crippen LogP contribution in [-0.4, -0.2) is 91.8 Å². The first-order valence-electron chi connectivity index (χ1n) is 9.53. The highest BCUT2D eigenvalue weighted by Crippen LogP contribution is 2.24. The number of amides is 2. The Morgan fingerprint density at radius 2 is 1.79 bits per heavy atom. The van der Waals surface area contributed by atoms with E-state index in [1.807, 2.05) is 7.05 Å². The molecule has 0 aromatic carbocycles. The van der Waals surface area contributed by atoms with Gasteiger partial charge in [0, 0.05) is 38.6 Å². The molecule has 1 heterocycles. The zero-order valence-corrected chi connectivity index (χ0v) is 15.7. The van der Waals surface area contributed by atoms with Crippen molar-refractivity contribution in [3.05, 3.63) is 0 Å². The van der Waals surface area contributed by atoms with Crippen molar-refractivity contribution in [2.24, 2.45) is 5.92 Å². The molecule has 2 aliphatic rings. The van der Waals surface area contributed by atoms with Crippen LogP contribution in [0.2, 0.25) is 0 Å². The number of nitrogens with one attached hydrogen (secondary N) is 1. The minimum atomic E-state index is -0.244. The van der Waals surface area contributed by atoms with Crippen molar-refractivity contribution in [2.75, 3.05) is 53.9 Å². The highest BCUT2D eigenvalue weighted by Gasteiger charge is 2.25. The van der Waals surface area contributed by atoms with E-state index in [1.165, 1.54) is 19.3 Å². The zero-order valence-electron chi connectivity index (χ0n) is 15.7. The molecule has 0 bridgehead atoms. The first-order valence-corrected chi connectivity index (χ1v) is 9.53. The Hall–Kier alpha value is -0.850. The van der Waals surface area contributed by atoms with E-state index in [0.717, 1.165) is 38.9 Å². The Labute approximate surface area is 147 Å². The van der Waals surface area contributed by atoms with Crippen LogP contribution in [0.4, 0.5) is 4.79 Å². The maximum absolute atomic E-state index is 12.2. The summed E-state index contributed by atoms with van der Waals surface area (Å²) in [5, 5.41) is 13.1. The summed E-state index contributed by atoms with van der Waals surface area (Å²) >= 11 is 0. The number of hydrogen-bond acceptors (Lipinski definition) is 4. The first-order chi connectivity index (χ1) is 11.5. The van der Waals surface area contributed by atoms with E-state index in [1.54, 1.807) is 4.90 Å². The average molecular weight is 341 g/mol. The number of nitrogens with zero attached hydrogens (tertiary/aromatic N) is 3. The highest BCUT2D eigenvalue weighted by molar-refractivity contribution is 5.73. The zero-order chi connectivity index (χ0) is 17.5. The van der Waals surface area contributed by atoms with Gasteiger partial charge >= 0.3 is 6.03 Å². The third kappa shape index (κ3) is 5.90. The van der Waals surface area contributed by atoms with Gasteiger partial charge in [0.25, 0.3) is 0 Å². The number of aliphatic hydroxyl groups excluding tert-OH is 1. The summed E-state index contributed by atoms with van der Waals surface area (Å²) in [5.74, 6) is 0.236. The monoisotopic (exact) mass is 340 g/mol. The smallest absolute Gasteiger partial charge is 0.317 e. The fourth-order valence-corrected chi connectivity index (χ4v) is 3.95. The summed E-state index contributed by atoms with van der Waals surface area (Å²) in [5.41, 5.74) is 0. The van der Waals surface area contributed by atoms with Crippen LogP contribution in [0, 0.1) is 5.92 Å². The first kappa shape index (κ1) is 19.5. The molecule has 1 saturated carbocycles. The predicted molar refractivity (Wildman–Crippen MR) is 97.1 cm³/mol. The van der Waals surface area contributed by atoms with Crippen LogP contribution in [-0.2, 0) is 0 Å². The molecular formula is C18H36N4O2. The van der Waals surface area contributed by atoms with Gasteiger partial charge in [-0.3, -0.25) is 0 Å². The summed E-state index contributed by atoms with van der Waals surface area (Å²) in [7, 11) is 6.14. The van der Waals surface area contributed by atoms with E-state index in [0.29, 0.717) is 19.1 Å². The molecule has 0 radical (unpaired) electrons. The summed E-state index contributed by atoms with van der Waals surface area (Å²) < 4.78 is 0. The Bertz CT molecular complexity index is 383. The lowest BCUT2D eigenvalue weighted by Crippen LogP contribution is -2.47. The van der Waals surface area contributed by atoms with Crippen molar-refractivity contribution < 1.29 is 9.90 Å². The Morgan fingerprint density at radius 1 is 1.12 bits per heavy atom. The lowest BCUT2D eigenvalue weighted by Gasteiger charge is -2.35. The molecule has 6 nitrogen and oxygen atoms in total. The molecule has 6 heteroatoms. The quantitative estimate of drug-likeness (QED) is 0.763. The van der Waals surface area contributed by atoms with Crippen molar-refractivity contribution in [1.29, 1.82) is 0 Å². The molecule has 1 saturated heterocycles. The highest BCUT2D eigenvalue weighted by atomic mass is 16.3. The van der Waals surface area contributed by atoms with Crippen molar-refractivity contribution >= 4 is 6.03 Å². The fraction of sp³-hybridized carbons (Fsp3) is 0.944. The van der Waals surface area contributed by atoms with Crippen molar-refractivity contribution in [2.45, 2.75) is 50.7 Å². The van der Waals surface area contributed by atoms with Crippen LogP contribution in [0.3, 0.4) is 0 Å². The molecule has 0 aromatic heterocycles. The Morgan fingerprint density at radius 3 is 2.42 bits per heavy atom. The summed E-state index contributed by atoms with van der Waals surface area (Å²) in [6, 6.07) is 0.680. The fourth-order valence-electron chi connectivity index (χ4n) is 3.95. The van der Waals surface area contributed by atoms with Crippen molar-refractivity contribution in [3.63, 3.8) is 0 Å². The van der Waals surface area contributed by atoms with Crippen LogP contribution < -0.4 is 5.32 Å². The van der Waals surface area contributed by atoms with E-state index in [4.69, 9.17) is 0 Å². The number of piperidine rings is 1. The van der Waals surface area contributed by atoms with Crippen LogP contribution >= 0.6 is 0 Å². The molecule has 24 heavy (non-hydrogen) atoms. The molecule has 2 N–H and O–H groups in total. The molecule has 1 aliphatic heterocycles. The number of urea groups is 1. The van der Waals surface area contributed by atoms with Gasteiger partial charge in [0.2, 0.25) is 0 Å². The molecule has 0 aromatic rings. The normalized spacial score (nSPS) is 26.5. The van der Waals surface area contributed by atoms with E-state index in [2.05, 4.69) is 29.2 Å². The van der Waals surface area contributed by atoms with Gasteiger partial charge in [-0.15, -0.1) is 0 Å². The molecule has 2 amide bonds. The molecular weight excluding hydrogens is 304 g/mol. The van der Waals surface area contributed by atoms with Crippen LogP contribution in [0.5, 0.6) is 0 Å². The molecule has 0 spiro atoms. The second-order valence-electron chi connectivity index (χ2n) is 7.76. The number of hydrogen-bond donors (Lipinski definition) is 2. The average Bonchev–Trinajstić information content (AvgIpc) is 2.57. The van der Waals surface area contributed by atoms with E-state index >= 15 is 0 Å². The van der Waals surface area contributed by atoms with Crippen LogP contribution in [0.25, 0.3) is 0 Å². The van der Waals surface area contributed by atoms with E-state index in [9.17, 15) is 9.90 Å². The second kappa shape index (κ2) is 9.59. The minimum absolute atomic E-state index is 0.0176. The SMILES string of the molecule is CN(CC1CCCCC1O)C(=O)NCCN1CCC(N(C)C)CC1. The molecule has 140 valence electrons. The van der Waals surface area contributed by atoms with Gasteiger partial charge < -0.3 is 25.1 Å². The van der Waals surface area contributed by atoms with Gasteiger partial charge in [0.1, 0.15) is 0 Å². The third-order valence-electron chi connectivity index (χ3n) is 5.72. The number of rotatable bonds is 6. The Balaban J connectivity index is 1.60. The molecule has 2 fully saturated rings. The van der Waals surface area contributed by atoms with Gasteiger partial charge in [-0.2, -0.15) is 0 Å². The van der Waals surface area contributed by atoms with Crippen molar-refractivity contribution in [1.82, 2.24) is 20.0 Å². The second-order valence-corrected chi connectivity index (χ2v) is 7.76. The third-order valence-corrected chi connectivity index (χ3v) is 5.72. The molecule has 2 rings (SSSR count). The van der Waals surface area contributed by atoms with Gasteiger partial charge in [0.15, 0.2) is 0 Å². The lowest BCUT2D eigenvalue weighted by molar-refractivity contribution is 0.0564. The topological polar surface area (TPSA) is 59.1 Å². The van der Waals surface area contributed by atoms with Gasteiger partial charge in [0.05, 0.1) is 6.10 Å². The maximum atomic E-state index is 12.2. The number of carbonyl (C=O) groups is 1. The van der Waals surface area contributed by atoms with Gasteiger partial charge in [-0.25, -0.2) is 4.79 Å². The number of likely N-dealkylation sites (tertiary alicyclic amines) is 1. The number of aliphatic hydroxyl groups is 1. The van der Waals surface area contributed by atoms with Crippen LogP contribution in [0.15, 0.2) is 0 Å². The number of carbonyl (C=O) groups excluding carboxylic acids is 1. The lowest BCUT2D eigenvalue weighted by atomic mass is 9.86. The minimum Gasteiger partial charge on any atom is -0.393 e. The maximum Gasteiger partial charge on any atom is 0.317 e. The van der Waals surface area contributed by atoms with Gasteiger partial charge in [-0.05, 0) is 52.9 Å². The summed E-state index contributed by atoms with van der Waals surface area (Å²) in [6.45, 7) is 4.50. The van der Waals surface area contributed by atoms with Crippen molar-refractivity contribution in [3.8, 4) is 0 Å². The standard InChI is InChI=1S/C18H36N4O2/c1-20(2)16-8-11-22(12-9-16)13-10-19-18(24)21(3)14-15-6-4-5-7-17(15)23/h15-17,23H,4-14H2,1-3H3,(H,19,24). The molecule has 2 atom stereocenters. The molecule has 1 aliphatic carbocycles. The Kier molecular flexibility index (Phi) is 7.78. The largest absolute Gasteiger partial charge is 0.393 e. The van der Waals surface area contributed by atoms with E-state index < -0.39 is 0 Å². The summed E-state index contributed by atoms with van der Waals surface area (Å²) in [6.07, 6.45) is 6.36. The van der Waals surface area contributed by atoms with Gasteiger partial charge in [-0.1, -0.05) is 12.8 Å².